The molecule has 5 heteroatoms. The maximum atomic E-state index is 15.2. The van der Waals surface area contributed by atoms with Gasteiger partial charge in [-0.15, -0.1) is 0 Å². The van der Waals surface area contributed by atoms with Gasteiger partial charge in [0, 0.05) is 5.56 Å². The van der Waals surface area contributed by atoms with Gasteiger partial charge in [-0.1, -0.05) is 43.7 Å². The van der Waals surface area contributed by atoms with Crippen molar-refractivity contribution in [3.8, 4) is 22.6 Å². The van der Waals surface area contributed by atoms with Gasteiger partial charge in [0.15, 0.2) is 23.2 Å². The van der Waals surface area contributed by atoms with Crippen molar-refractivity contribution in [2.45, 2.75) is 71.1 Å². The van der Waals surface area contributed by atoms with Crippen molar-refractivity contribution in [3.63, 3.8) is 0 Å². The van der Waals surface area contributed by atoms with Gasteiger partial charge in [0.25, 0.3) is 0 Å². The maximum absolute atomic E-state index is 15.2. The highest BCUT2D eigenvalue weighted by atomic mass is 19.2. The first kappa shape index (κ1) is 27.1. The van der Waals surface area contributed by atoms with E-state index in [1.807, 2.05) is 13.0 Å². The fraction of sp³-hybridized carbons (Fsp3) is 0.438. The molecule has 1 aliphatic carbocycles. The van der Waals surface area contributed by atoms with Gasteiger partial charge in [0.2, 0.25) is 0 Å². The van der Waals surface area contributed by atoms with Gasteiger partial charge >= 0.3 is 0 Å². The van der Waals surface area contributed by atoms with Crippen molar-refractivity contribution in [1.82, 2.24) is 0 Å². The highest BCUT2D eigenvalue weighted by molar-refractivity contribution is 5.65. The number of hydrogen-bond donors (Lipinski definition) is 0. The second-order valence-electron chi connectivity index (χ2n) is 10.0. The molecular formula is C32H37F3O2. The van der Waals surface area contributed by atoms with Crippen LogP contribution in [0.25, 0.3) is 11.1 Å². The third kappa shape index (κ3) is 6.88. The second-order valence-corrected chi connectivity index (χ2v) is 10.0. The number of halogens is 3. The SMILES string of the molecule is CCCCOc1ccc(-c2ccc(C3CCC(CCc4ccc(OCC)c(F)c4)CC3)c(F)c2F)cc1. The summed E-state index contributed by atoms with van der Waals surface area (Å²) in [5, 5.41) is 0. The van der Waals surface area contributed by atoms with Crippen LogP contribution in [0.2, 0.25) is 0 Å². The monoisotopic (exact) mass is 510 g/mol. The van der Waals surface area contributed by atoms with Crippen LogP contribution in [-0.4, -0.2) is 13.2 Å². The predicted octanol–water partition coefficient (Wildman–Crippen LogP) is 9.26. The number of benzene rings is 3. The van der Waals surface area contributed by atoms with E-state index in [0.29, 0.717) is 36.0 Å². The average molecular weight is 511 g/mol. The topological polar surface area (TPSA) is 18.5 Å². The fourth-order valence-electron chi connectivity index (χ4n) is 5.27. The van der Waals surface area contributed by atoms with Crippen molar-refractivity contribution in [2.24, 2.45) is 5.92 Å². The van der Waals surface area contributed by atoms with E-state index in [9.17, 15) is 4.39 Å². The maximum Gasteiger partial charge on any atom is 0.166 e. The standard InChI is InChI=1S/C32H37F3O2/c1-3-5-20-37-26-15-13-25(14-16-26)28-18-17-27(31(34)32(28)35)24-11-8-22(9-12-24)6-7-23-10-19-30(36-4-2)29(33)21-23/h10,13-19,21-22,24H,3-9,11-12,20H2,1-2H3. The van der Waals surface area contributed by atoms with E-state index >= 15 is 8.78 Å². The molecule has 0 aromatic heterocycles. The quantitative estimate of drug-likeness (QED) is 0.239. The molecule has 37 heavy (non-hydrogen) atoms. The molecule has 1 fully saturated rings. The van der Waals surface area contributed by atoms with Gasteiger partial charge in [0.1, 0.15) is 5.75 Å². The molecule has 0 unspecified atom stereocenters. The molecule has 198 valence electrons. The summed E-state index contributed by atoms with van der Waals surface area (Å²) in [6, 6.07) is 15.8. The van der Waals surface area contributed by atoms with Gasteiger partial charge in [-0.2, -0.15) is 0 Å². The minimum absolute atomic E-state index is 0.0251. The summed E-state index contributed by atoms with van der Waals surface area (Å²) < 4.78 is 55.3. The molecule has 3 aromatic carbocycles. The van der Waals surface area contributed by atoms with Gasteiger partial charge in [0.05, 0.1) is 13.2 Å². The first-order valence-electron chi connectivity index (χ1n) is 13.6. The highest BCUT2D eigenvalue weighted by Crippen LogP contribution is 2.40. The summed E-state index contributed by atoms with van der Waals surface area (Å²) in [5.74, 6) is -0.265. The normalized spacial score (nSPS) is 17.5. The van der Waals surface area contributed by atoms with Crippen molar-refractivity contribution in [3.05, 3.63) is 83.2 Å². The zero-order valence-electron chi connectivity index (χ0n) is 21.9. The van der Waals surface area contributed by atoms with Crippen LogP contribution in [0.1, 0.15) is 75.8 Å². The van der Waals surface area contributed by atoms with Crippen LogP contribution in [0.4, 0.5) is 13.2 Å². The predicted molar refractivity (Wildman–Crippen MR) is 143 cm³/mol. The number of ether oxygens (including phenoxy) is 2. The molecule has 0 spiro atoms. The Morgan fingerprint density at radius 1 is 0.811 bits per heavy atom. The minimum atomic E-state index is -0.781. The van der Waals surface area contributed by atoms with Gasteiger partial charge < -0.3 is 9.47 Å². The lowest BCUT2D eigenvalue weighted by atomic mass is 9.76. The molecule has 0 aliphatic heterocycles. The summed E-state index contributed by atoms with van der Waals surface area (Å²) in [4.78, 5) is 0. The molecule has 0 amide bonds. The number of hydrogen-bond acceptors (Lipinski definition) is 2. The molecule has 1 saturated carbocycles. The Kier molecular flexibility index (Phi) is 9.54. The van der Waals surface area contributed by atoms with Crippen molar-refractivity contribution in [1.29, 1.82) is 0 Å². The molecule has 0 N–H and O–H groups in total. The lowest BCUT2D eigenvalue weighted by Gasteiger charge is -2.29. The summed E-state index contributed by atoms with van der Waals surface area (Å²) in [6.45, 7) is 5.03. The Morgan fingerprint density at radius 3 is 2.24 bits per heavy atom. The van der Waals surface area contributed by atoms with E-state index < -0.39 is 11.6 Å². The Hall–Kier alpha value is -2.95. The second kappa shape index (κ2) is 13.0. The van der Waals surface area contributed by atoms with Gasteiger partial charge in [-0.05, 0) is 105 Å². The minimum Gasteiger partial charge on any atom is -0.494 e. The number of aryl methyl sites for hydroxylation is 1. The molecule has 3 aromatic rings. The van der Waals surface area contributed by atoms with E-state index in [0.717, 1.165) is 62.7 Å². The van der Waals surface area contributed by atoms with Crippen molar-refractivity contribution in [2.75, 3.05) is 13.2 Å². The van der Waals surface area contributed by atoms with Crippen LogP contribution < -0.4 is 9.47 Å². The smallest absolute Gasteiger partial charge is 0.166 e. The molecule has 1 aliphatic rings. The molecule has 0 bridgehead atoms. The highest BCUT2D eigenvalue weighted by Gasteiger charge is 2.26. The van der Waals surface area contributed by atoms with E-state index in [-0.39, 0.29) is 17.3 Å². The summed E-state index contributed by atoms with van der Waals surface area (Å²) in [5.41, 5.74) is 2.36. The summed E-state index contributed by atoms with van der Waals surface area (Å²) in [7, 11) is 0. The van der Waals surface area contributed by atoms with Crippen LogP contribution in [0.15, 0.2) is 54.6 Å². The summed E-state index contributed by atoms with van der Waals surface area (Å²) in [6.07, 6.45) is 7.41. The third-order valence-corrected chi connectivity index (χ3v) is 7.47. The molecule has 0 atom stereocenters. The van der Waals surface area contributed by atoms with Crippen LogP contribution in [-0.2, 0) is 6.42 Å². The Morgan fingerprint density at radius 2 is 1.57 bits per heavy atom. The molecule has 0 radical (unpaired) electrons. The van der Waals surface area contributed by atoms with Crippen LogP contribution in [0.3, 0.4) is 0 Å². The Balaban J connectivity index is 1.33. The van der Waals surface area contributed by atoms with Crippen LogP contribution in [0.5, 0.6) is 11.5 Å². The zero-order valence-corrected chi connectivity index (χ0v) is 21.9. The van der Waals surface area contributed by atoms with Crippen molar-refractivity contribution < 1.29 is 22.6 Å². The van der Waals surface area contributed by atoms with Crippen LogP contribution in [0, 0.1) is 23.4 Å². The lowest BCUT2D eigenvalue weighted by molar-refractivity contribution is 0.304. The molecule has 0 saturated heterocycles. The Labute approximate surface area is 218 Å². The van der Waals surface area contributed by atoms with Crippen LogP contribution >= 0.6 is 0 Å². The van der Waals surface area contributed by atoms with Crippen molar-refractivity contribution >= 4 is 0 Å². The first-order chi connectivity index (χ1) is 18.0. The van der Waals surface area contributed by atoms with Gasteiger partial charge in [-0.3, -0.25) is 0 Å². The molecule has 2 nitrogen and oxygen atoms in total. The van der Waals surface area contributed by atoms with E-state index in [1.54, 1.807) is 48.5 Å². The average Bonchev–Trinajstić information content (AvgIpc) is 2.91. The van der Waals surface area contributed by atoms with E-state index in [2.05, 4.69) is 6.92 Å². The Bertz CT molecular complexity index is 1150. The molecule has 4 rings (SSSR count). The zero-order chi connectivity index (χ0) is 26.2. The fourth-order valence-corrected chi connectivity index (χ4v) is 5.27. The van der Waals surface area contributed by atoms with E-state index in [1.165, 1.54) is 0 Å². The molecule has 0 heterocycles. The largest absolute Gasteiger partial charge is 0.494 e. The number of rotatable bonds is 11. The molecular weight excluding hydrogens is 473 g/mol. The third-order valence-electron chi connectivity index (χ3n) is 7.47. The van der Waals surface area contributed by atoms with E-state index in [4.69, 9.17) is 9.47 Å². The lowest BCUT2D eigenvalue weighted by Crippen LogP contribution is -2.15. The number of unbranched alkanes of at least 4 members (excludes halogenated alkanes) is 1. The summed E-state index contributed by atoms with van der Waals surface area (Å²) >= 11 is 0. The van der Waals surface area contributed by atoms with Gasteiger partial charge in [-0.25, -0.2) is 13.2 Å². The first-order valence-corrected chi connectivity index (χ1v) is 13.6.